The van der Waals surface area contributed by atoms with Crippen molar-refractivity contribution in [2.24, 2.45) is 0 Å². The Labute approximate surface area is 212 Å². The molecule has 3 aromatic carbocycles. The van der Waals surface area contributed by atoms with Crippen molar-refractivity contribution in [2.75, 3.05) is 23.8 Å². The largest absolute Gasteiger partial charge is 0.452 e. The maximum atomic E-state index is 13.0. The summed E-state index contributed by atoms with van der Waals surface area (Å²) in [4.78, 5) is 53.9. The lowest BCUT2D eigenvalue weighted by Crippen LogP contribution is -2.42. The lowest BCUT2D eigenvalue weighted by Gasteiger charge is -2.23. The van der Waals surface area contributed by atoms with Gasteiger partial charge in [0.1, 0.15) is 5.82 Å². The summed E-state index contributed by atoms with van der Waals surface area (Å²) in [7, 11) is 0. The highest BCUT2D eigenvalue weighted by molar-refractivity contribution is 5.98. The first-order chi connectivity index (χ1) is 17.9. The van der Waals surface area contributed by atoms with Gasteiger partial charge in [0.25, 0.3) is 11.5 Å². The number of hydrogen-bond acceptors (Lipinski definition) is 6. The maximum Gasteiger partial charge on any atom is 0.338 e. The number of hydrogen-bond donors (Lipinski definition) is 2. The number of aromatic amines is 1. The Morgan fingerprint density at radius 1 is 0.892 bits per heavy atom. The van der Waals surface area contributed by atoms with Gasteiger partial charge in [0.05, 0.1) is 12.1 Å². The molecule has 37 heavy (non-hydrogen) atoms. The topological polar surface area (TPSA) is 127 Å². The molecule has 4 aromatic rings. The van der Waals surface area contributed by atoms with Crippen LogP contribution in [0.15, 0.2) is 94.5 Å². The Bertz CT molecular complexity index is 1510. The van der Waals surface area contributed by atoms with Crippen molar-refractivity contribution in [1.82, 2.24) is 9.55 Å². The molecule has 9 nitrogen and oxygen atoms in total. The number of likely N-dealkylation sites (N-methyl/N-ethyl adjacent to an activating group) is 1. The Hall–Kier alpha value is -4.92. The smallest absolute Gasteiger partial charge is 0.338 e. The minimum absolute atomic E-state index is 0.0684. The molecule has 0 bridgehead atoms. The van der Waals surface area contributed by atoms with Crippen LogP contribution in [0.2, 0.25) is 0 Å². The number of aromatic nitrogens is 2. The van der Waals surface area contributed by atoms with Crippen LogP contribution in [0.4, 0.5) is 11.5 Å². The van der Waals surface area contributed by atoms with Gasteiger partial charge >= 0.3 is 11.7 Å². The molecule has 188 valence electrons. The highest BCUT2D eigenvalue weighted by Crippen LogP contribution is 2.20. The first-order valence-electron chi connectivity index (χ1n) is 11.7. The summed E-state index contributed by atoms with van der Waals surface area (Å²) in [6.07, 6.45) is 0. The summed E-state index contributed by atoms with van der Waals surface area (Å²) < 4.78 is 6.40. The third-order valence-corrected chi connectivity index (χ3v) is 5.84. The number of rotatable bonds is 8. The number of ether oxygens (including phenoxy) is 1. The summed E-state index contributed by atoms with van der Waals surface area (Å²) in [5.74, 6) is -1.49. The van der Waals surface area contributed by atoms with E-state index in [9.17, 15) is 19.2 Å². The first kappa shape index (κ1) is 25.2. The highest BCUT2D eigenvalue weighted by Gasteiger charge is 2.24. The molecule has 0 atom stereocenters. The van der Waals surface area contributed by atoms with E-state index in [0.717, 1.165) is 21.6 Å². The molecule has 0 saturated heterocycles. The molecule has 1 heterocycles. The van der Waals surface area contributed by atoms with E-state index in [0.29, 0.717) is 0 Å². The van der Waals surface area contributed by atoms with Crippen LogP contribution >= 0.6 is 0 Å². The monoisotopic (exact) mass is 498 g/mol. The van der Waals surface area contributed by atoms with E-state index in [1.54, 1.807) is 31.2 Å². The number of carbonyl (C=O) groups is 2. The van der Waals surface area contributed by atoms with Gasteiger partial charge in [0.2, 0.25) is 0 Å². The summed E-state index contributed by atoms with van der Waals surface area (Å²) in [5.41, 5.74) is 7.54. The number of esters is 1. The number of amides is 1. The van der Waals surface area contributed by atoms with Crippen molar-refractivity contribution in [1.29, 1.82) is 0 Å². The van der Waals surface area contributed by atoms with Gasteiger partial charge in [-0.2, -0.15) is 0 Å². The van der Waals surface area contributed by atoms with E-state index in [1.807, 2.05) is 60.7 Å². The van der Waals surface area contributed by atoms with Gasteiger partial charge in [0, 0.05) is 6.54 Å². The highest BCUT2D eigenvalue weighted by atomic mass is 16.5. The van der Waals surface area contributed by atoms with Crippen LogP contribution in [0.1, 0.15) is 22.8 Å². The van der Waals surface area contributed by atoms with Crippen molar-refractivity contribution in [3.63, 3.8) is 0 Å². The Morgan fingerprint density at radius 3 is 2.11 bits per heavy atom. The summed E-state index contributed by atoms with van der Waals surface area (Å²) in [6, 6.07) is 25.6. The van der Waals surface area contributed by atoms with Crippen LogP contribution in [0.5, 0.6) is 0 Å². The second-order valence-corrected chi connectivity index (χ2v) is 8.22. The van der Waals surface area contributed by atoms with Crippen LogP contribution < -0.4 is 21.9 Å². The molecule has 0 fully saturated rings. The zero-order chi connectivity index (χ0) is 26.4. The van der Waals surface area contributed by atoms with Gasteiger partial charge in [-0.05, 0) is 35.7 Å². The van der Waals surface area contributed by atoms with E-state index in [2.05, 4.69) is 4.98 Å². The van der Waals surface area contributed by atoms with Crippen LogP contribution in [-0.4, -0.2) is 34.6 Å². The quantitative estimate of drug-likeness (QED) is 0.360. The van der Waals surface area contributed by atoms with Crippen molar-refractivity contribution < 1.29 is 14.3 Å². The van der Waals surface area contributed by atoms with E-state index in [1.165, 1.54) is 4.57 Å². The number of carbonyl (C=O) groups excluding carboxylic acids is 2. The number of nitrogens with one attached hydrogen (secondary N) is 1. The van der Waals surface area contributed by atoms with Crippen LogP contribution in [-0.2, 0) is 16.1 Å². The van der Waals surface area contributed by atoms with Gasteiger partial charge in [-0.1, -0.05) is 72.8 Å². The van der Waals surface area contributed by atoms with Crippen molar-refractivity contribution in [3.8, 4) is 11.1 Å². The SMILES string of the molecule is CCN(C(=O)COC(=O)c1ccc(-c2ccccc2)cc1)c1c(N)n(Cc2ccccc2)c(=O)[nH]c1=O. The fraction of sp³-hybridized carbons (Fsp3) is 0.143. The van der Waals surface area contributed by atoms with Gasteiger partial charge in [-0.15, -0.1) is 0 Å². The molecule has 3 N–H and O–H groups in total. The van der Waals surface area contributed by atoms with E-state index in [-0.39, 0.29) is 30.2 Å². The standard InChI is InChI=1S/C28H26N4O5/c1-2-31(24-25(29)32(28(36)30-26(24)34)17-19-9-5-3-6-10-19)23(33)18-37-27(35)22-15-13-21(14-16-22)20-11-7-4-8-12-20/h3-16H,2,17-18,29H2,1H3,(H,30,34,36). The average Bonchev–Trinajstić information content (AvgIpc) is 2.93. The van der Waals surface area contributed by atoms with Gasteiger partial charge in [-0.3, -0.25) is 19.1 Å². The van der Waals surface area contributed by atoms with Crippen molar-refractivity contribution in [2.45, 2.75) is 13.5 Å². The predicted octanol–water partition coefficient (Wildman–Crippen LogP) is 3.04. The van der Waals surface area contributed by atoms with E-state index < -0.39 is 29.7 Å². The lowest BCUT2D eigenvalue weighted by atomic mass is 10.0. The molecule has 0 unspecified atom stereocenters. The molecule has 0 aliphatic heterocycles. The Morgan fingerprint density at radius 2 is 1.49 bits per heavy atom. The number of nitrogen functional groups attached to an aromatic ring is 1. The maximum absolute atomic E-state index is 13.0. The molecule has 1 aromatic heterocycles. The van der Waals surface area contributed by atoms with Crippen molar-refractivity contribution >= 4 is 23.4 Å². The van der Waals surface area contributed by atoms with Crippen LogP contribution in [0.25, 0.3) is 11.1 Å². The number of benzene rings is 3. The second kappa shape index (κ2) is 11.2. The molecule has 1 amide bonds. The zero-order valence-corrected chi connectivity index (χ0v) is 20.2. The second-order valence-electron chi connectivity index (χ2n) is 8.22. The zero-order valence-electron chi connectivity index (χ0n) is 20.2. The molecule has 4 rings (SSSR count). The molecular formula is C28H26N4O5. The first-order valence-corrected chi connectivity index (χ1v) is 11.7. The third-order valence-electron chi connectivity index (χ3n) is 5.84. The number of nitrogens with two attached hydrogens (primary N) is 1. The number of nitrogens with zero attached hydrogens (tertiary/aromatic N) is 2. The minimum Gasteiger partial charge on any atom is -0.452 e. The van der Waals surface area contributed by atoms with Gasteiger partial charge in [-0.25, -0.2) is 9.59 Å². The normalized spacial score (nSPS) is 10.6. The Balaban J connectivity index is 1.49. The van der Waals surface area contributed by atoms with Gasteiger partial charge < -0.3 is 15.4 Å². The fourth-order valence-corrected chi connectivity index (χ4v) is 3.94. The Kier molecular flexibility index (Phi) is 7.63. The molecule has 0 saturated carbocycles. The molecule has 0 radical (unpaired) electrons. The third kappa shape index (κ3) is 5.67. The number of H-pyrrole nitrogens is 1. The summed E-state index contributed by atoms with van der Waals surface area (Å²) >= 11 is 0. The summed E-state index contributed by atoms with van der Waals surface area (Å²) in [5, 5.41) is 0. The molecule has 0 aliphatic carbocycles. The fourth-order valence-electron chi connectivity index (χ4n) is 3.94. The number of anilines is 2. The average molecular weight is 499 g/mol. The van der Waals surface area contributed by atoms with E-state index >= 15 is 0 Å². The lowest BCUT2D eigenvalue weighted by molar-refractivity contribution is -0.121. The van der Waals surface area contributed by atoms with Gasteiger partial charge in [0.15, 0.2) is 12.3 Å². The van der Waals surface area contributed by atoms with Crippen molar-refractivity contribution in [3.05, 3.63) is 117 Å². The molecule has 9 heteroatoms. The predicted molar refractivity (Wildman–Crippen MR) is 141 cm³/mol. The van der Waals surface area contributed by atoms with Crippen LogP contribution in [0.3, 0.4) is 0 Å². The minimum atomic E-state index is -0.801. The molecule has 0 aliphatic rings. The summed E-state index contributed by atoms with van der Waals surface area (Å²) in [6.45, 7) is 1.21. The van der Waals surface area contributed by atoms with Crippen LogP contribution in [0, 0.1) is 0 Å². The van der Waals surface area contributed by atoms with E-state index in [4.69, 9.17) is 10.5 Å². The molecular weight excluding hydrogens is 472 g/mol. The molecule has 0 spiro atoms.